The zero-order valence-corrected chi connectivity index (χ0v) is 11.6. The highest BCUT2D eigenvalue weighted by molar-refractivity contribution is 5.93. The molecule has 0 bridgehead atoms. The molecule has 1 aromatic carbocycles. The number of aromatic nitrogens is 2. The van der Waals surface area contributed by atoms with E-state index in [0.717, 1.165) is 17.2 Å². The number of carboxylic acid groups (broad SMARTS) is 1. The maximum Gasteiger partial charge on any atom is 0.339 e. The van der Waals surface area contributed by atoms with Crippen molar-refractivity contribution in [3.63, 3.8) is 0 Å². The largest absolute Gasteiger partial charge is 0.489 e. The van der Waals surface area contributed by atoms with Crippen molar-refractivity contribution in [1.29, 1.82) is 0 Å². The van der Waals surface area contributed by atoms with Crippen molar-refractivity contribution >= 4 is 11.7 Å². The number of aromatic carboxylic acids is 1. The van der Waals surface area contributed by atoms with Gasteiger partial charge in [0.05, 0.1) is 24.5 Å². The van der Waals surface area contributed by atoms with Crippen molar-refractivity contribution in [1.82, 2.24) is 9.97 Å². The molecule has 0 amide bonds. The van der Waals surface area contributed by atoms with E-state index in [1.54, 1.807) is 18.3 Å². The van der Waals surface area contributed by atoms with E-state index in [2.05, 4.69) is 14.9 Å². The van der Waals surface area contributed by atoms with Gasteiger partial charge >= 0.3 is 5.97 Å². The van der Waals surface area contributed by atoms with Crippen LogP contribution in [0.5, 0.6) is 5.75 Å². The first-order valence-corrected chi connectivity index (χ1v) is 6.68. The number of hydrogen-bond donors (Lipinski definition) is 1. The van der Waals surface area contributed by atoms with Gasteiger partial charge in [-0.05, 0) is 25.1 Å². The van der Waals surface area contributed by atoms with E-state index in [-0.39, 0.29) is 5.56 Å². The van der Waals surface area contributed by atoms with Crippen LogP contribution in [0, 0.1) is 6.92 Å². The molecule has 0 saturated carbocycles. The molecule has 6 heteroatoms. The van der Waals surface area contributed by atoms with Crippen LogP contribution >= 0.6 is 0 Å². The number of ether oxygens (including phenoxy) is 1. The number of rotatable bonds is 3. The molecular weight excluding hydrogens is 270 g/mol. The third kappa shape index (κ3) is 2.65. The predicted molar refractivity (Wildman–Crippen MR) is 76.7 cm³/mol. The number of fused-ring (bicyclic) bond motifs is 1. The molecule has 1 aromatic heterocycles. The SMILES string of the molecule is Cc1nccc(CN2CCOc3c(C(=O)O)cccc32)n1. The van der Waals surface area contributed by atoms with Gasteiger partial charge in [0, 0.05) is 6.20 Å². The van der Waals surface area contributed by atoms with Gasteiger partial charge in [-0.25, -0.2) is 14.8 Å². The van der Waals surface area contributed by atoms with Crippen LogP contribution in [0.3, 0.4) is 0 Å². The van der Waals surface area contributed by atoms with Gasteiger partial charge in [0.1, 0.15) is 18.0 Å². The fraction of sp³-hybridized carbons (Fsp3) is 0.267. The van der Waals surface area contributed by atoms with Gasteiger partial charge in [-0.1, -0.05) is 6.07 Å². The standard InChI is InChI=1S/C15H15N3O3/c1-10-16-6-5-11(17-10)9-18-7-8-21-14-12(15(19)20)3-2-4-13(14)18/h2-6H,7-9H2,1H3,(H,19,20). The summed E-state index contributed by atoms with van der Waals surface area (Å²) < 4.78 is 5.55. The molecular formula is C15H15N3O3. The topological polar surface area (TPSA) is 75.6 Å². The summed E-state index contributed by atoms with van der Waals surface area (Å²) in [5.41, 5.74) is 1.88. The summed E-state index contributed by atoms with van der Waals surface area (Å²) in [6.45, 7) is 3.60. The Morgan fingerprint density at radius 2 is 2.29 bits per heavy atom. The second kappa shape index (κ2) is 5.40. The molecule has 2 heterocycles. The third-order valence-electron chi connectivity index (χ3n) is 3.36. The quantitative estimate of drug-likeness (QED) is 0.928. The highest BCUT2D eigenvalue weighted by atomic mass is 16.5. The van der Waals surface area contributed by atoms with Gasteiger partial charge in [-0.15, -0.1) is 0 Å². The molecule has 0 radical (unpaired) electrons. The number of nitrogens with zero attached hydrogens (tertiary/aromatic N) is 3. The highest BCUT2D eigenvalue weighted by Crippen LogP contribution is 2.35. The Bertz CT molecular complexity index is 688. The van der Waals surface area contributed by atoms with Gasteiger partial charge in [-0.3, -0.25) is 0 Å². The molecule has 0 atom stereocenters. The van der Waals surface area contributed by atoms with Crippen molar-refractivity contribution in [3.8, 4) is 5.75 Å². The van der Waals surface area contributed by atoms with Gasteiger partial charge < -0.3 is 14.7 Å². The summed E-state index contributed by atoms with van der Waals surface area (Å²) in [6.07, 6.45) is 1.73. The monoisotopic (exact) mass is 285 g/mol. The molecule has 6 nitrogen and oxygen atoms in total. The van der Waals surface area contributed by atoms with E-state index in [4.69, 9.17) is 4.74 Å². The summed E-state index contributed by atoms with van der Waals surface area (Å²) in [7, 11) is 0. The number of benzene rings is 1. The number of aryl methyl sites for hydroxylation is 1. The molecule has 1 N–H and O–H groups in total. The van der Waals surface area contributed by atoms with Crippen molar-refractivity contribution < 1.29 is 14.6 Å². The molecule has 0 aliphatic carbocycles. The first kappa shape index (κ1) is 13.4. The Morgan fingerprint density at radius 3 is 3.05 bits per heavy atom. The minimum atomic E-state index is -0.980. The maximum atomic E-state index is 11.3. The summed E-state index contributed by atoms with van der Waals surface area (Å²) in [5.74, 6) is 0.175. The second-order valence-corrected chi connectivity index (χ2v) is 4.82. The number of carboxylic acids is 1. The summed E-state index contributed by atoms with van der Waals surface area (Å²) >= 11 is 0. The molecule has 0 saturated heterocycles. The zero-order valence-electron chi connectivity index (χ0n) is 11.6. The number of para-hydroxylation sites is 1. The van der Waals surface area contributed by atoms with E-state index in [1.807, 2.05) is 19.1 Å². The van der Waals surface area contributed by atoms with Crippen LogP contribution in [-0.4, -0.2) is 34.2 Å². The van der Waals surface area contributed by atoms with Crippen LogP contribution in [0.15, 0.2) is 30.5 Å². The lowest BCUT2D eigenvalue weighted by Gasteiger charge is -2.31. The van der Waals surface area contributed by atoms with Crippen molar-refractivity contribution in [2.45, 2.75) is 13.5 Å². The molecule has 0 spiro atoms. The third-order valence-corrected chi connectivity index (χ3v) is 3.36. The van der Waals surface area contributed by atoms with Crippen molar-refractivity contribution in [2.24, 2.45) is 0 Å². The predicted octanol–water partition coefficient (Wildman–Crippen LogP) is 1.88. The molecule has 108 valence electrons. The van der Waals surface area contributed by atoms with Crippen LogP contribution in [0.25, 0.3) is 0 Å². The lowest BCUT2D eigenvalue weighted by atomic mass is 10.1. The average Bonchev–Trinajstić information content (AvgIpc) is 2.47. The van der Waals surface area contributed by atoms with Crippen LogP contribution < -0.4 is 9.64 Å². The molecule has 1 aliphatic heterocycles. The zero-order chi connectivity index (χ0) is 14.8. The Hall–Kier alpha value is -2.63. The number of carbonyl (C=O) groups is 1. The van der Waals surface area contributed by atoms with Crippen molar-refractivity contribution in [2.75, 3.05) is 18.1 Å². The number of hydrogen-bond acceptors (Lipinski definition) is 5. The normalized spacial score (nSPS) is 13.5. The van der Waals surface area contributed by atoms with Gasteiger partial charge in [0.25, 0.3) is 0 Å². The Balaban J connectivity index is 1.94. The molecule has 0 unspecified atom stereocenters. The summed E-state index contributed by atoms with van der Waals surface area (Å²) in [4.78, 5) is 21.8. The van der Waals surface area contributed by atoms with Gasteiger partial charge in [0.2, 0.25) is 0 Å². The van der Waals surface area contributed by atoms with Crippen molar-refractivity contribution in [3.05, 3.63) is 47.5 Å². The van der Waals surface area contributed by atoms with Crippen LogP contribution in [0.2, 0.25) is 0 Å². The molecule has 0 fully saturated rings. The fourth-order valence-electron chi connectivity index (χ4n) is 2.43. The van der Waals surface area contributed by atoms with Crippen LogP contribution in [0.4, 0.5) is 5.69 Å². The summed E-state index contributed by atoms with van der Waals surface area (Å²) in [6, 6.07) is 7.02. The lowest BCUT2D eigenvalue weighted by molar-refractivity contribution is 0.0692. The maximum absolute atomic E-state index is 11.3. The molecule has 3 rings (SSSR count). The van der Waals surface area contributed by atoms with Crippen LogP contribution in [-0.2, 0) is 6.54 Å². The van der Waals surface area contributed by atoms with Gasteiger partial charge in [0.15, 0.2) is 5.75 Å². The van der Waals surface area contributed by atoms with Crippen LogP contribution in [0.1, 0.15) is 21.9 Å². The highest BCUT2D eigenvalue weighted by Gasteiger charge is 2.23. The molecule has 1 aliphatic rings. The Kier molecular flexibility index (Phi) is 3.43. The minimum absolute atomic E-state index is 0.191. The Labute approximate surface area is 122 Å². The van der Waals surface area contributed by atoms with E-state index < -0.39 is 5.97 Å². The lowest BCUT2D eigenvalue weighted by Crippen LogP contribution is -2.33. The second-order valence-electron chi connectivity index (χ2n) is 4.82. The first-order chi connectivity index (χ1) is 10.1. The van der Waals surface area contributed by atoms with E-state index in [1.165, 1.54) is 0 Å². The van der Waals surface area contributed by atoms with E-state index >= 15 is 0 Å². The molecule has 2 aromatic rings. The number of anilines is 1. The Morgan fingerprint density at radius 1 is 1.43 bits per heavy atom. The smallest absolute Gasteiger partial charge is 0.339 e. The average molecular weight is 285 g/mol. The fourth-order valence-corrected chi connectivity index (χ4v) is 2.43. The van der Waals surface area contributed by atoms with E-state index in [9.17, 15) is 9.90 Å². The molecule has 21 heavy (non-hydrogen) atoms. The summed E-state index contributed by atoms with van der Waals surface area (Å²) in [5, 5.41) is 9.23. The van der Waals surface area contributed by atoms with Gasteiger partial charge in [-0.2, -0.15) is 0 Å². The first-order valence-electron chi connectivity index (χ1n) is 6.68. The van der Waals surface area contributed by atoms with E-state index in [0.29, 0.717) is 25.4 Å². The minimum Gasteiger partial charge on any atom is -0.489 e.